The van der Waals surface area contributed by atoms with Crippen molar-refractivity contribution >= 4 is 18.0 Å². The molecule has 0 aliphatic rings. The lowest BCUT2D eigenvalue weighted by Crippen LogP contribution is -2.31. The van der Waals surface area contributed by atoms with E-state index in [1.165, 1.54) is 6.08 Å². The third kappa shape index (κ3) is 4.41. The molecule has 1 amide bonds. The molecule has 1 rings (SSSR count). The van der Waals surface area contributed by atoms with Gasteiger partial charge >= 0.3 is 5.97 Å². The summed E-state index contributed by atoms with van der Waals surface area (Å²) in [5.74, 6) is -1.15. The number of rotatable bonds is 5. The van der Waals surface area contributed by atoms with Gasteiger partial charge in [0.2, 0.25) is 0 Å². The van der Waals surface area contributed by atoms with E-state index >= 15 is 0 Å². The molecule has 0 saturated carbocycles. The van der Waals surface area contributed by atoms with Crippen molar-refractivity contribution in [2.45, 2.75) is 26.3 Å². The van der Waals surface area contributed by atoms with E-state index in [9.17, 15) is 9.59 Å². The SMILES string of the molecule is CCC(C)NC(=O)c1cccc(C=CC(=O)O)c1. The molecule has 0 bridgehead atoms. The average Bonchev–Trinajstić information content (AvgIpc) is 2.36. The van der Waals surface area contributed by atoms with Gasteiger partial charge in [0, 0.05) is 17.7 Å². The minimum atomic E-state index is -1.01. The predicted molar refractivity (Wildman–Crippen MR) is 70.3 cm³/mol. The molecule has 1 atom stereocenters. The first kappa shape index (κ1) is 14.0. The van der Waals surface area contributed by atoms with E-state index in [1.807, 2.05) is 13.8 Å². The van der Waals surface area contributed by atoms with Crippen LogP contribution in [0, 0.1) is 0 Å². The van der Waals surface area contributed by atoms with Crippen molar-refractivity contribution in [2.75, 3.05) is 0 Å². The van der Waals surface area contributed by atoms with Crippen molar-refractivity contribution < 1.29 is 14.7 Å². The van der Waals surface area contributed by atoms with Crippen molar-refractivity contribution in [3.8, 4) is 0 Å². The Balaban J connectivity index is 2.81. The van der Waals surface area contributed by atoms with Crippen LogP contribution in [0.5, 0.6) is 0 Å². The number of nitrogens with one attached hydrogen (secondary N) is 1. The number of aliphatic carboxylic acids is 1. The van der Waals surface area contributed by atoms with Gasteiger partial charge in [0.1, 0.15) is 0 Å². The molecule has 0 aliphatic heterocycles. The summed E-state index contributed by atoms with van der Waals surface area (Å²) < 4.78 is 0. The second kappa shape index (κ2) is 6.59. The van der Waals surface area contributed by atoms with Gasteiger partial charge in [0.25, 0.3) is 5.91 Å². The van der Waals surface area contributed by atoms with Crippen LogP contribution >= 0.6 is 0 Å². The van der Waals surface area contributed by atoms with E-state index in [0.29, 0.717) is 11.1 Å². The third-order valence-electron chi connectivity index (χ3n) is 2.56. The smallest absolute Gasteiger partial charge is 0.328 e. The highest BCUT2D eigenvalue weighted by Crippen LogP contribution is 2.07. The van der Waals surface area contributed by atoms with Crippen LogP contribution in [0.1, 0.15) is 36.2 Å². The zero-order chi connectivity index (χ0) is 13.5. The second-order valence-corrected chi connectivity index (χ2v) is 4.08. The fourth-order valence-corrected chi connectivity index (χ4v) is 1.36. The zero-order valence-corrected chi connectivity index (χ0v) is 10.5. The molecule has 96 valence electrons. The van der Waals surface area contributed by atoms with Gasteiger partial charge in [-0.3, -0.25) is 4.79 Å². The molecule has 4 nitrogen and oxygen atoms in total. The van der Waals surface area contributed by atoms with Crippen molar-refractivity contribution in [1.82, 2.24) is 5.32 Å². The molecule has 2 N–H and O–H groups in total. The van der Waals surface area contributed by atoms with Crippen molar-refractivity contribution in [3.05, 3.63) is 41.5 Å². The zero-order valence-electron chi connectivity index (χ0n) is 10.5. The molecule has 0 heterocycles. The maximum Gasteiger partial charge on any atom is 0.328 e. The summed E-state index contributed by atoms with van der Waals surface area (Å²) in [6.45, 7) is 3.93. The minimum Gasteiger partial charge on any atom is -0.478 e. The number of amides is 1. The van der Waals surface area contributed by atoms with Gasteiger partial charge in [-0.1, -0.05) is 19.1 Å². The predicted octanol–water partition coefficient (Wildman–Crippen LogP) is 2.31. The first-order valence-corrected chi connectivity index (χ1v) is 5.85. The number of carboxylic acid groups (broad SMARTS) is 1. The van der Waals surface area contributed by atoms with Crippen LogP contribution in [-0.4, -0.2) is 23.0 Å². The lowest BCUT2D eigenvalue weighted by atomic mass is 10.1. The fraction of sp³-hybridized carbons (Fsp3) is 0.286. The number of hydrogen-bond donors (Lipinski definition) is 2. The Labute approximate surface area is 106 Å². The van der Waals surface area contributed by atoms with E-state index in [1.54, 1.807) is 24.3 Å². The van der Waals surface area contributed by atoms with E-state index < -0.39 is 5.97 Å². The van der Waals surface area contributed by atoms with Gasteiger partial charge in [-0.05, 0) is 37.1 Å². The van der Waals surface area contributed by atoms with Crippen LogP contribution < -0.4 is 5.32 Å². The van der Waals surface area contributed by atoms with Gasteiger partial charge in [0.15, 0.2) is 0 Å². The number of carbonyl (C=O) groups excluding carboxylic acids is 1. The minimum absolute atomic E-state index is 0.121. The van der Waals surface area contributed by atoms with Crippen LogP contribution in [0.3, 0.4) is 0 Å². The van der Waals surface area contributed by atoms with Crippen LogP contribution in [0.2, 0.25) is 0 Å². The summed E-state index contributed by atoms with van der Waals surface area (Å²) in [4.78, 5) is 22.3. The largest absolute Gasteiger partial charge is 0.478 e. The maximum atomic E-state index is 11.9. The van der Waals surface area contributed by atoms with Gasteiger partial charge in [-0.25, -0.2) is 4.79 Å². The molecular weight excluding hydrogens is 230 g/mol. The number of hydrogen-bond acceptors (Lipinski definition) is 2. The summed E-state index contributed by atoms with van der Waals surface area (Å²) in [5.41, 5.74) is 1.22. The lowest BCUT2D eigenvalue weighted by Gasteiger charge is -2.11. The van der Waals surface area contributed by atoms with E-state index in [2.05, 4.69) is 5.32 Å². The summed E-state index contributed by atoms with van der Waals surface area (Å²) in [6, 6.07) is 6.97. The molecule has 0 fully saturated rings. The standard InChI is InChI=1S/C14H17NO3/c1-3-10(2)15-14(18)12-6-4-5-11(9-12)7-8-13(16)17/h4-10H,3H2,1-2H3,(H,15,18)(H,16,17). The molecule has 0 saturated heterocycles. The fourth-order valence-electron chi connectivity index (χ4n) is 1.36. The first-order chi connectivity index (χ1) is 8.52. The van der Waals surface area contributed by atoms with Crippen molar-refractivity contribution in [3.63, 3.8) is 0 Å². The number of benzene rings is 1. The highest BCUT2D eigenvalue weighted by Gasteiger charge is 2.08. The second-order valence-electron chi connectivity index (χ2n) is 4.08. The lowest BCUT2D eigenvalue weighted by molar-refractivity contribution is -0.131. The van der Waals surface area contributed by atoms with Crippen LogP contribution in [-0.2, 0) is 4.79 Å². The normalized spacial score (nSPS) is 12.3. The first-order valence-electron chi connectivity index (χ1n) is 5.85. The summed E-state index contributed by atoms with van der Waals surface area (Å²) in [7, 11) is 0. The number of carboxylic acids is 1. The third-order valence-corrected chi connectivity index (χ3v) is 2.56. The van der Waals surface area contributed by atoms with Crippen LogP contribution in [0.15, 0.2) is 30.3 Å². The maximum absolute atomic E-state index is 11.9. The quantitative estimate of drug-likeness (QED) is 0.785. The van der Waals surface area contributed by atoms with Crippen molar-refractivity contribution in [2.24, 2.45) is 0 Å². The Morgan fingerprint density at radius 3 is 2.78 bits per heavy atom. The van der Waals surface area contributed by atoms with Gasteiger partial charge < -0.3 is 10.4 Å². The molecule has 0 spiro atoms. The van der Waals surface area contributed by atoms with Crippen LogP contribution in [0.25, 0.3) is 6.08 Å². The highest BCUT2D eigenvalue weighted by atomic mass is 16.4. The average molecular weight is 247 g/mol. The Bertz CT molecular complexity index is 466. The molecule has 1 aromatic rings. The molecule has 1 aromatic carbocycles. The summed E-state index contributed by atoms with van der Waals surface area (Å²) in [6.07, 6.45) is 3.37. The van der Waals surface area contributed by atoms with Crippen molar-refractivity contribution in [1.29, 1.82) is 0 Å². The van der Waals surface area contributed by atoms with Gasteiger partial charge in [0.05, 0.1) is 0 Å². The molecule has 0 aromatic heterocycles. The molecule has 0 aliphatic carbocycles. The Morgan fingerprint density at radius 1 is 1.44 bits per heavy atom. The molecular formula is C14H17NO3. The Kier molecular flexibility index (Phi) is 5.11. The number of carbonyl (C=O) groups is 2. The Hall–Kier alpha value is -2.10. The topological polar surface area (TPSA) is 66.4 Å². The van der Waals surface area contributed by atoms with Gasteiger partial charge in [-0.15, -0.1) is 0 Å². The highest BCUT2D eigenvalue weighted by molar-refractivity contribution is 5.95. The summed E-state index contributed by atoms with van der Waals surface area (Å²) >= 11 is 0. The molecule has 4 heteroatoms. The molecule has 1 unspecified atom stereocenters. The van der Waals surface area contributed by atoms with E-state index in [4.69, 9.17) is 5.11 Å². The van der Waals surface area contributed by atoms with Crippen LogP contribution in [0.4, 0.5) is 0 Å². The molecule has 0 radical (unpaired) electrons. The summed E-state index contributed by atoms with van der Waals surface area (Å²) in [5, 5.41) is 11.4. The monoisotopic (exact) mass is 247 g/mol. The van der Waals surface area contributed by atoms with E-state index in [-0.39, 0.29) is 11.9 Å². The Morgan fingerprint density at radius 2 is 2.17 bits per heavy atom. The van der Waals surface area contributed by atoms with E-state index in [0.717, 1.165) is 12.5 Å². The molecule has 18 heavy (non-hydrogen) atoms. The van der Waals surface area contributed by atoms with Gasteiger partial charge in [-0.2, -0.15) is 0 Å².